The number of carbonyl (C=O) groups excluding carboxylic acids is 1. The Balaban J connectivity index is 1.61. The zero-order valence-electron chi connectivity index (χ0n) is 22.7. The summed E-state index contributed by atoms with van der Waals surface area (Å²) in [5.41, 5.74) is 4.34. The van der Waals surface area contributed by atoms with Gasteiger partial charge in [-0.15, -0.1) is 11.6 Å². The maximum absolute atomic E-state index is 15.6. The fourth-order valence-electron chi connectivity index (χ4n) is 4.12. The van der Waals surface area contributed by atoms with Crippen LogP contribution in [-0.2, 0) is 23.4 Å². The third kappa shape index (κ3) is 6.55. The number of carbonyl (C=O) groups is 1. The van der Waals surface area contributed by atoms with Gasteiger partial charge in [-0.25, -0.2) is 13.9 Å². The van der Waals surface area contributed by atoms with E-state index in [4.69, 9.17) is 35.9 Å². The Labute approximate surface area is 240 Å². The highest BCUT2D eigenvalue weighted by molar-refractivity contribution is 7.52. The first kappa shape index (κ1) is 30.9. The van der Waals surface area contributed by atoms with Crippen molar-refractivity contribution in [3.8, 4) is 5.75 Å². The number of nitrogens with zero attached hydrogens (tertiary/aromatic N) is 4. The smallest absolute Gasteiger partial charge is 0.459 e. The lowest BCUT2D eigenvalue weighted by atomic mass is 9.99. The number of aromatic nitrogens is 4. The first-order valence-corrected chi connectivity index (χ1v) is 14.7. The zero-order chi connectivity index (χ0) is 29.9. The Hall–Kier alpha value is -3.07. The van der Waals surface area contributed by atoms with Crippen molar-refractivity contribution in [1.29, 1.82) is 0 Å². The minimum atomic E-state index is -4.37. The number of alkyl halides is 2. The number of rotatable bonds is 12. The quantitative estimate of drug-likeness (QED) is 0.133. The van der Waals surface area contributed by atoms with Gasteiger partial charge in [0.05, 0.1) is 24.9 Å². The Morgan fingerprint density at radius 2 is 2.02 bits per heavy atom. The molecule has 0 saturated carbocycles. The van der Waals surface area contributed by atoms with Crippen molar-refractivity contribution < 1.29 is 37.4 Å². The highest BCUT2D eigenvalue weighted by atomic mass is 35.5. The molecule has 0 radical (unpaired) electrons. The average Bonchev–Trinajstić information content (AvgIpc) is 3.46. The fourth-order valence-corrected chi connectivity index (χ4v) is 5.97. The first-order chi connectivity index (χ1) is 19.4. The maximum Gasteiger partial charge on any atom is 0.459 e. The predicted molar refractivity (Wildman–Crippen MR) is 148 cm³/mol. The Morgan fingerprint density at radius 3 is 2.66 bits per heavy atom. The van der Waals surface area contributed by atoms with E-state index < -0.39 is 62.5 Å². The molecule has 0 aliphatic carbocycles. The SMILES string of the molecule is CNc1nc(N)nc2c1ncn2[C@@H]1O[C@](CCl)(CO[P@@](=O)(N[C@@H](C)C(=O)OC(C)C)Oc2ccccc2)[C@@H](O)[C@@H]1F. The van der Waals surface area contributed by atoms with Crippen molar-refractivity contribution in [3.63, 3.8) is 0 Å². The van der Waals surface area contributed by atoms with E-state index in [1.54, 1.807) is 39.1 Å². The van der Waals surface area contributed by atoms with Gasteiger partial charge in [0, 0.05) is 7.05 Å². The van der Waals surface area contributed by atoms with Crippen molar-refractivity contribution in [1.82, 2.24) is 24.6 Å². The summed E-state index contributed by atoms with van der Waals surface area (Å²) in [4.78, 5) is 24.8. The van der Waals surface area contributed by atoms with E-state index in [9.17, 15) is 14.5 Å². The van der Waals surface area contributed by atoms with Crippen LogP contribution in [0.1, 0.15) is 27.0 Å². The molecule has 1 fully saturated rings. The molecule has 0 amide bonds. The van der Waals surface area contributed by atoms with Crippen LogP contribution >= 0.6 is 19.3 Å². The number of ether oxygens (including phenoxy) is 2. The largest absolute Gasteiger partial charge is 0.462 e. The molecule has 1 aliphatic rings. The number of anilines is 2. The molecular formula is C24H32ClFN7O7P. The van der Waals surface area contributed by atoms with E-state index in [2.05, 4.69) is 25.4 Å². The number of aliphatic hydroxyl groups is 1. The summed E-state index contributed by atoms with van der Waals surface area (Å²) in [6, 6.07) is 6.93. The second-order valence-electron chi connectivity index (χ2n) is 9.61. The number of hydrogen-bond donors (Lipinski definition) is 4. The number of aliphatic hydroxyl groups excluding tert-OH is 1. The zero-order valence-corrected chi connectivity index (χ0v) is 24.4. The molecule has 41 heavy (non-hydrogen) atoms. The van der Waals surface area contributed by atoms with Gasteiger partial charge in [0.25, 0.3) is 0 Å². The Kier molecular flexibility index (Phi) is 9.36. The summed E-state index contributed by atoms with van der Waals surface area (Å²) < 4.78 is 53.2. The maximum atomic E-state index is 15.6. The van der Waals surface area contributed by atoms with Gasteiger partial charge in [0.2, 0.25) is 5.95 Å². The van der Waals surface area contributed by atoms with Crippen LogP contribution in [0.3, 0.4) is 0 Å². The average molecular weight is 616 g/mol. The molecule has 5 N–H and O–H groups in total. The van der Waals surface area contributed by atoms with Crippen molar-refractivity contribution in [3.05, 3.63) is 36.7 Å². The van der Waals surface area contributed by atoms with Crippen molar-refractivity contribution in [2.45, 2.75) is 57.0 Å². The van der Waals surface area contributed by atoms with E-state index in [0.29, 0.717) is 11.3 Å². The third-order valence-electron chi connectivity index (χ3n) is 6.15. The van der Waals surface area contributed by atoms with E-state index in [1.165, 1.54) is 30.0 Å². The fraction of sp³-hybridized carbons (Fsp3) is 0.500. The van der Waals surface area contributed by atoms with Gasteiger partial charge in [0.1, 0.15) is 23.5 Å². The summed E-state index contributed by atoms with van der Waals surface area (Å²) in [6.07, 6.45) is -4.49. The van der Waals surface area contributed by atoms with Gasteiger partial charge in [-0.05, 0) is 32.9 Å². The summed E-state index contributed by atoms with van der Waals surface area (Å²) in [6.45, 7) is 4.05. The lowest BCUT2D eigenvalue weighted by Gasteiger charge is -2.31. The standard InChI is InChI=1S/C24H32ClFN7O7P/c1-13(2)38-22(35)14(3)32-41(36,40-15-8-6-5-7-9-15)37-11-24(10-25)18(34)16(26)21(39-24)33-12-29-17-19(28-4)30-23(27)31-20(17)33/h5-9,12-14,16,18,21,34H,10-11H2,1-4H3,(H,32,36)(H3,27,28,30,31)/t14-,16-,18-,21+,24+,41-/m0/s1. The van der Waals surface area contributed by atoms with Crippen LogP contribution in [0.25, 0.3) is 11.2 Å². The number of nitrogens with two attached hydrogens (primary N) is 1. The van der Waals surface area contributed by atoms with Gasteiger partial charge >= 0.3 is 13.7 Å². The Morgan fingerprint density at radius 1 is 1.32 bits per heavy atom. The molecule has 1 aliphatic heterocycles. The molecule has 17 heteroatoms. The van der Waals surface area contributed by atoms with Crippen LogP contribution in [0.4, 0.5) is 16.2 Å². The van der Waals surface area contributed by atoms with Crippen LogP contribution in [0.5, 0.6) is 5.75 Å². The number of halogens is 2. The summed E-state index contributed by atoms with van der Waals surface area (Å²) in [5, 5.41) is 16.3. The molecule has 6 atom stereocenters. The molecular weight excluding hydrogens is 584 g/mol. The molecule has 1 aromatic carbocycles. The highest BCUT2D eigenvalue weighted by Crippen LogP contribution is 2.49. The number of nitrogens with one attached hydrogen (secondary N) is 2. The molecule has 0 unspecified atom stereocenters. The van der Waals surface area contributed by atoms with E-state index in [-0.39, 0.29) is 17.3 Å². The molecule has 3 heterocycles. The van der Waals surface area contributed by atoms with Crippen LogP contribution < -0.4 is 20.7 Å². The monoisotopic (exact) mass is 615 g/mol. The molecule has 0 spiro atoms. The number of para-hydroxylation sites is 1. The number of imidazole rings is 1. The number of esters is 1. The molecule has 4 rings (SSSR count). The first-order valence-electron chi connectivity index (χ1n) is 12.6. The Bertz CT molecular complexity index is 1420. The second-order valence-corrected chi connectivity index (χ2v) is 11.6. The van der Waals surface area contributed by atoms with Gasteiger partial charge in [-0.2, -0.15) is 15.1 Å². The molecule has 1 saturated heterocycles. The molecule has 2 aromatic heterocycles. The van der Waals surface area contributed by atoms with Gasteiger partial charge in [-0.1, -0.05) is 18.2 Å². The van der Waals surface area contributed by atoms with Gasteiger partial charge in [0.15, 0.2) is 29.4 Å². The molecule has 0 bridgehead atoms. The van der Waals surface area contributed by atoms with E-state index in [1.807, 2.05) is 0 Å². The molecule has 224 valence electrons. The van der Waals surface area contributed by atoms with Gasteiger partial charge in [-0.3, -0.25) is 13.9 Å². The summed E-state index contributed by atoms with van der Waals surface area (Å²) in [5.74, 6) is -0.804. The van der Waals surface area contributed by atoms with Crippen molar-refractivity contribution in [2.75, 3.05) is 30.6 Å². The minimum Gasteiger partial charge on any atom is -0.462 e. The predicted octanol–water partition coefficient (Wildman–Crippen LogP) is 2.79. The second kappa shape index (κ2) is 12.4. The van der Waals surface area contributed by atoms with E-state index in [0.717, 1.165) is 0 Å². The third-order valence-corrected chi connectivity index (χ3v) is 8.23. The van der Waals surface area contributed by atoms with Crippen molar-refractivity contribution >= 4 is 48.2 Å². The number of hydrogen-bond acceptors (Lipinski definition) is 12. The summed E-state index contributed by atoms with van der Waals surface area (Å²) >= 11 is 6.21. The number of fused-ring (bicyclic) bond motifs is 1. The van der Waals surface area contributed by atoms with Crippen molar-refractivity contribution in [2.24, 2.45) is 0 Å². The van der Waals surface area contributed by atoms with Crippen LogP contribution in [0.15, 0.2) is 36.7 Å². The number of benzene rings is 1. The lowest BCUT2D eigenvalue weighted by molar-refractivity contribution is -0.149. The normalized spacial score (nSPS) is 24.7. The highest BCUT2D eigenvalue weighted by Gasteiger charge is 2.57. The van der Waals surface area contributed by atoms with Crippen LogP contribution in [0, 0.1) is 0 Å². The molecule has 3 aromatic rings. The van der Waals surface area contributed by atoms with E-state index >= 15 is 4.39 Å². The van der Waals surface area contributed by atoms with Crippen LogP contribution in [-0.4, -0.2) is 80.2 Å². The van der Waals surface area contributed by atoms with Crippen LogP contribution in [0.2, 0.25) is 0 Å². The lowest BCUT2D eigenvalue weighted by Crippen LogP contribution is -2.48. The minimum absolute atomic E-state index is 0.0975. The summed E-state index contributed by atoms with van der Waals surface area (Å²) in [7, 11) is -2.76. The topological polar surface area (TPSA) is 185 Å². The number of nitrogen functional groups attached to an aromatic ring is 1. The molecule has 14 nitrogen and oxygen atoms in total. The van der Waals surface area contributed by atoms with Gasteiger partial charge < -0.3 is 30.2 Å².